The molecule has 0 radical (unpaired) electrons. The summed E-state index contributed by atoms with van der Waals surface area (Å²) in [6.45, 7) is 8.81. The van der Waals surface area contributed by atoms with Crippen LogP contribution in [-0.4, -0.2) is 22.6 Å². The van der Waals surface area contributed by atoms with Crippen LogP contribution in [0.3, 0.4) is 0 Å². The van der Waals surface area contributed by atoms with Crippen LogP contribution < -0.4 is 5.32 Å². The summed E-state index contributed by atoms with van der Waals surface area (Å²) in [5.41, 5.74) is 5.06. The van der Waals surface area contributed by atoms with E-state index < -0.39 is 0 Å². The lowest BCUT2D eigenvalue weighted by Crippen LogP contribution is -2.35. The predicted molar refractivity (Wildman–Crippen MR) is 94.2 cm³/mol. The third kappa shape index (κ3) is 3.03. The Labute approximate surface area is 143 Å². The second-order valence-corrected chi connectivity index (χ2v) is 6.56. The summed E-state index contributed by atoms with van der Waals surface area (Å²) in [6.07, 6.45) is 2.74. The number of anilines is 1. The van der Waals surface area contributed by atoms with Crippen molar-refractivity contribution in [1.82, 2.24) is 10.1 Å². The monoisotopic (exact) mass is 327 g/mol. The van der Waals surface area contributed by atoms with E-state index >= 15 is 0 Å². The first-order valence-electron chi connectivity index (χ1n) is 8.61. The Hall–Kier alpha value is -2.30. The van der Waals surface area contributed by atoms with Gasteiger partial charge in [0.2, 0.25) is 0 Å². The molecule has 1 aliphatic rings. The van der Waals surface area contributed by atoms with E-state index in [2.05, 4.69) is 23.5 Å². The van der Waals surface area contributed by atoms with Gasteiger partial charge in [-0.2, -0.15) is 0 Å². The van der Waals surface area contributed by atoms with Crippen LogP contribution in [0.2, 0.25) is 0 Å². The standard InChI is InChI=1S/C19H25N3O2/c1-5-17-18(14(4)21-24-17)16-7-6-10-22(16)19(23)20-15-11-12(2)8-9-13(15)3/h8-9,11,16H,5-7,10H2,1-4H3,(H,20,23)/t16-/m1/s1. The highest BCUT2D eigenvalue weighted by molar-refractivity contribution is 5.90. The number of nitrogens with zero attached hydrogens (tertiary/aromatic N) is 2. The van der Waals surface area contributed by atoms with Crippen molar-refractivity contribution in [3.05, 3.63) is 46.3 Å². The van der Waals surface area contributed by atoms with E-state index in [1.54, 1.807) is 0 Å². The minimum absolute atomic E-state index is 0.0474. The molecule has 2 amide bonds. The van der Waals surface area contributed by atoms with Crippen molar-refractivity contribution >= 4 is 11.7 Å². The van der Waals surface area contributed by atoms with Gasteiger partial charge in [0.05, 0.1) is 11.7 Å². The van der Waals surface area contributed by atoms with Gasteiger partial charge in [0.15, 0.2) is 0 Å². The van der Waals surface area contributed by atoms with E-state index in [0.717, 1.165) is 59.6 Å². The van der Waals surface area contributed by atoms with Crippen molar-refractivity contribution in [2.75, 3.05) is 11.9 Å². The van der Waals surface area contributed by atoms with Gasteiger partial charge < -0.3 is 14.7 Å². The SMILES string of the molecule is CCc1onc(C)c1[C@H]1CCCN1C(=O)Nc1cc(C)ccc1C. The second-order valence-electron chi connectivity index (χ2n) is 6.56. The lowest BCUT2D eigenvalue weighted by Gasteiger charge is -2.25. The number of rotatable bonds is 3. The maximum atomic E-state index is 12.9. The number of urea groups is 1. The van der Waals surface area contributed by atoms with Crippen molar-refractivity contribution in [1.29, 1.82) is 0 Å². The third-order valence-corrected chi connectivity index (χ3v) is 4.79. The van der Waals surface area contributed by atoms with Gasteiger partial charge in [-0.15, -0.1) is 0 Å². The molecule has 2 aromatic rings. The quantitative estimate of drug-likeness (QED) is 0.901. The molecule has 0 spiro atoms. The summed E-state index contributed by atoms with van der Waals surface area (Å²) >= 11 is 0. The number of amides is 2. The molecule has 1 aliphatic heterocycles. The van der Waals surface area contributed by atoms with Crippen LogP contribution in [0.25, 0.3) is 0 Å². The molecule has 2 heterocycles. The maximum Gasteiger partial charge on any atom is 0.322 e. The summed E-state index contributed by atoms with van der Waals surface area (Å²) < 4.78 is 5.43. The third-order valence-electron chi connectivity index (χ3n) is 4.79. The molecule has 1 atom stereocenters. The fraction of sp³-hybridized carbons (Fsp3) is 0.474. The Kier molecular flexibility index (Phi) is 4.60. The number of nitrogens with one attached hydrogen (secondary N) is 1. The zero-order chi connectivity index (χ0) is 17.3. The van der Waals surface area contributed by atoms with Gasteiger partial charge in [0.25, 0.3) is 0 Å². The second kappa shape index (κ2) is 6.67. The molecule has 5 heteroatoms. The average molecular weight is 327 g/mol. The van der Waals surface area contributed by atoms with E-state index in [-0.39, 0.29) is 12.1 Å². The largest absolute Gasteiger partial charge is 0.361 e. The van der Waals surface area contributed by atoms with Crippen LogP contribution in [0.1, 0.15) is 54.0 Å². The fourth-order valence-electron chi connectivity index (χ4n) is 3.47. The molecule has 0 unspecified atom stereocenters. The van der Waals surface area contributed by atoms with Crippen LogP contribution in [0.5, 0.6) is 0 Å². The molecule has 3 rings (SSSR count). The molecule has 1 aromatic carbocycles. The van der Waals surface area contributed by atoms with Crippen LogP contribution in [0, 0.1) is 20.8 Å². The molecule has 1 aromatic heterocycles. The highest BCUT2D eigenvalue weighted by atomic mass is 16.5. The number of hydrogen-bond acceptors (Lipinski definition) is 3. The number of aromatic nitrogens is 1. The highest BCUT2D eigenvalue weighted by Gasteiger charge is 2.34. The maximum absolute atomic E-state index is 12.9. The molecule has 1 fully saturated rings. The molecule has 0 aliphatic carbocycles. The Balaban J connectivity index is 1.84. The minimum Gasteiger partial charge on any atom is -0.361 e. The summed E-state index contributed by atoms with van der Waals surface area (Å²) in [5, 5.41) is 7.18. The molecule has 128 valence electrons. The van der Waals surface area contributed by atoms with Gasteiger partial charge in [-0.3, -0.25) is 0 Å². The molecule has 0 bridgehead atoms. The lowest BCUT2D eigenvalue weighted by molar-refractivity contribution is 0.206. The average Bonchev–Trinajstić information content (AvgIpc) is 3.16. The number of carbonyl (C=O) groups is 1. The fourth-order valence-corrected chi connectivity index (χ4v) is 3.47. The Morgan fingerprint density at radius 1 is 1.38 bits per heavy atom. The molecule has 1 saturated heterocycles. The molecule has 1 N–H and O–H groups in total. The zero-order valence-corrected chi connectivity index (χ0v) is 14.8. The first kappa shape index (κ1) is 16.6. The number of benzene rings is 1. The highest BCUT2D eigenvalue weighted by Crippen LogP contribution is 2.36. The van der Waals surface area contributed by atoms with Crippen molar-refractivity contribution < 1.29 is 9.32 Å². The van der Waals surface area contributed by atoms with Gasteiger partial charge in [-0.1, -0.05) is 24.2 Å². The van der Waals surface area contributed by atoms with E-state index in [1.165, 1.54) is 0 Å². The van der Waals surface area contributed by atoms with Gasteiger partial charge >= 0.3 is 6.03 Å². The summed E-state index contributed by atoms with van der Waals surface area (Å²) in [7, 11) is 0. The molecule has 0 saturated carbocycles. The van der Waals surface area contributed by atoms with E-state index in [9.17, 15) is 4.79 Å². The molecular weight excluding hydrogens is 302 g/mol. The van der Waals surface area contributed by atoms with Crippen molar-refractivity contribution in [2.45, 2.75) is 53.0 Å². The van der Waals surface area contributed by atoms with Crippen molar-refractivity contribution in [3.63, 3.8) is 0 Å². The minimum atomic E-state index is -0.0474. The van der Waals surface area contributed by atoms with Crippen LogP contribution in [0.15, 0.2) is 22.7 Å². The Bertz CT molecular complexity index is 751. The Morgan fingerprint density at radius 2 is 2.17 bits per heavy atom. The van der Waals surface area contributed by atoms with Gasteiger partial charge in [0, 0.05) is 24.2 Å². The zero-order valence-electron chi connectivity index (χ0n) is 14.8. The lowest BCUT2D eigenvalue weighted by atomic mass is 10.0. The van der Waals surface area contributed by atoms with Crippen molar-refractivity contribution in [3.8, 4) is 0 Å². The summed E-state index contributed by atoms with van der Waals surface area (Å²) in [5.74, 6) is 0.893. The number of aryl methyl sites for hydroxylation is 4. The summed E-state index contributed by atoms with van der Waals surface area (Å²) in [6, 6.07) is 6.11. The normalized spacial score (nSPS) is 17.3. The molecular formula is C19H25N3O2. The first-order valence-corrected chi connectivity index (χ1v) is 8.61. The van der Waals surface area contributed by atoms with E-state index in [0.29, 0.717) is 0 Å². The smallest absolute Gasteiger partial charge is 0.322 e. The topological polar surface area (TPSA) is 58.4 Å². The number of hydrogen-bond donors (Lipinski definition) is 1. The van der Waals surface area contributed by atoms with Crippen LogP contribution in [-0.2, 0) is 6.42 Å². The predicted octanol–water partition coefficient (Wildman–Crippen LogP) is 4.53. The van der Waals surface area contributed by atoms with Gasteiger partial charge in [-0.25, -0.2) is 4.79 Å². The van der Waals surface area contributed by atoms with Crippen LogP contribution >= 0.6 is 0 Å². The van der Waals surface area contributed by atoms with Crippen LogP contribution in [0.4, 0.5) is 10.5 Å². The molecule has 24 heavy (non-hydrogen) atoms. The number of likely N-dealkylation sites (tertiary alicyclic amines) is 1. The first-order chi connectivity index (χ1) is 11.5. The Morgan fingerprint density at radius 3 is 2.92 bits per heavy atom. The number of carbonyl (C=O) groups excluding carboxylic acids is 1. The van der Waals surface area contributed by atoms with E-state index in [4.69, 9.17) is 4.52 Å². The van der Waals surface area contributed by atoms with E-state index in [1.807, 2.05) is 37.8 Å². The summed E-state index contributed by atoms with van der Waals surface area (Å²) in [4.78, 5) is 14.8. The van der Waals surface area contributed by atoms with Gasteiger partial charge in [-0.05, 0) is 50.8 Å². The molecule has 5 nitrogen and oxygen atoms in total. The van der Waals surface area contributed by atoms with Crippen molar-refractivity contribution in [2.24, 2.45) is 0 Å². The van der Waals surface area contributed by atoms with Gasteiger partial charge in [0.1, 0.15) is 5.76 Å².